The zero-order valence-electron chi connectivity index (χ0n) is 11.7. The predicted molar refractivity (Wildman–Crippen MR) is 77.2 cm³/mol. The van der Waals surface area contributed by atoms with Crippen LogP contribution < -0.4 is 5.32 Å². The monoisotopic (exact) mass is 271 g/mol. The van der Waals surface area contributed by atoms with Gasteiger partial charge in [0.15, 0.2) is 0 Å². The number of amides is 2. The molecule has 2 saturated heterocycles. The second-order valence-corrected chi connectivity index (χ2v) is 6.28. The average molecular weight is 271 g/mol. The molecule has 0 aromatic heterocycles. The van der Waals surface area contributed by atoms with E-state index in [1.165, 1.54) is 5.56 Å². The van der Waals surface area contributed by atoms with Crippen LogP contribution in [-0.4, -0.2) is 48.1 Å². The maximum absolute atomic E-state index is 11.9. The van der Waals surface area contributed by atoms with E-state index in [0.717, 1.165) is 39.1 Å². The zero-order chi connectivity index (χ0) is 13.5. The Morgan fingerprint density at radius 1 is 1.15 bits per heavy atom. The summed E-state index contributed by atoms with van der Waals surface area (Å²) in [5.41, 5.74) is 1.39. The lowest BCUT2D eigenvalue weighted by atomic mass is 10.2. The first-order valence-corrected chi connectivity index (χ1v) is 7.64. The largest absolute Gasteiger partial charge is 0.338 e. The summed E-state index contributed by atoms with van der Waals surface area (Å²) in [5, 5.41) is 2.97. The molecule has 2 unspecified atom stereocenters. The van der Waals surface area contributed by atoms with Crippen molar-refractivity contribution in [2.75, 3.05) is 26.2 Å². The molecule has 1 aliphatic carbocycles. The van der Waals surface area contributed by atoms with Gasteiger partial charge in [-0.25, -0.2) is 4.79 Å². The van der Waals surface area contributed by atoms with Gasteiger partial charge >= 0.3 is 6.03 Å². The number of hydrogen-bond acceptors (Lipinski definition) is 2. The number of benzene rings is 1. The fourth-order valence-electron chi connectivity index (χ4n) is 3.95. The molecule has 1 aromatic carbocycles. The van der Waals surface area contributed by atoms with Crippen LogP contribution in [0, 0.1) is 11.8 Å². The number of rotatable bonds is 3. The summed E-state index contributed by atoms with van der Waals surface area (Å²) in [6.45, 7) is 5.13. The Hall–Kier alpha value is -1.55. The van der Waals surface area contributed by atoms with Gasteiger partial charge in [0, 0.05) is 38.8 Å². The van der Waals surface area contributed by atoms with Gasteiger partial charge in [-0.3, -0.25) is 4.90 Å². The molecule has 0 spiro atoms. The lowest BCUT2D eigenvalue weighted by Gasteiger charge is -2.30. The number of carbonyl (C=O) groups excluding carboxylic acids is 1. The highest BCUT2D eigenvalue weighted by Crippen LogP contribution is 2.49. The van der Waals surface area contributed by atoms with E-state index in [2.05, 4.69) is 45.4 Å². The number of nitrogens with zero attached hydrogens (tertiary/aromatic N) is 2. The summed E-state index contributed by atoms with van der Waals surface area (Å²) in [4.78, 5) is 16.5. The number of carbonyl (C=O) groups is 1. The van der Waals surface area contributed by atoms with Crippen LogP contribution in [0.4, 0.5) is 4.79 Å². The maximum atomic E-state index is 11.9. The summed E-state index contributed by atoms with van der Waals surface area (Å²) >= 11 is 0. The van der Waals surface area contributed by atoms with E-state index >= 15 is 0 Å². The van der Waals surface area contributed by atoms with Gasteiger partial charge in [-0.15, -0.1) is 0 Å². The minimum absolute atomic E-state index is 0.158. The van der Waals surface area contributed by atoms with E-state index < -0.39 is 0 Å². The Bertz CT molecular complexity index is 492. The van der Waals surface area contributed by atoms with Gasteiger partial charge in [0.05, 0.1) is 0 Å². The molecule has 2 amide bonds. The molecule has 2 aliphatic heterocycles. The lowest BCUT2D eigenvalue weighted by molar-refractivity contribution is 0.165. The Kier molecular flexibility index (Phi) is 2.91. The van der Waals surface area contributed by atoms with Crippen LogP contribution >= 0.6 is 0 Å². The summed E-state index contributed by atoms with van der Waals surface area (Å²) in [7, 11) is 0. The van der Waals surface area contributed by atoms with Gasteiger partial charge in [-0.05, 0) is 23.8 Å². The van der Waals surface area contributed by atoms with E-state index in [1.54, 1.807) is 0 Å². The van der Waals surface area contributed by atoms with Crippen molar-refractivity contribution < 1.29 is 4.79 Å². The fraction of sp³-hybridized carbons (Fsp3) is 0.562. The van der Waals surface area contributed by atoms with Gasteiger partial charge in [0.25, 0.3) is 0 Å². The molecular weight excluding hydrogens is 250 g/mol. The first kappa shape index (κ1) is 12.2. The Morgan fingerprint density at radius 3 is 2.60 bits per heavy atom. The van der Waals surface area contributed by atoms with Crippen LogP contribution in [0.5, 0.6) is 0 Å². The highest BCUT2D eigenvalue weighted by Gasteiger charge is 2.59. The van der Waals surface area contributed by atoms with Crippen LogP contribution in [0.1, 0.15) is 12.0 Å². The topological polar surface area (TPSA) is 35.6 Å². The second-order valence-electron chi connectivity index (χ2n) is 6.28. The van der Waals surface area contributed by atoms with Crippen molar-refractivity contribution in [3.8, 4) is 0 Å². The molecule has 4 rings (SSSR count). The maximum Gasteiger partial charge on any atom is 0.317 e. The third-order valence-corrected chi connectivity index (χ3v) is 4.95. The summed E-state index contributed by atoms with van der Waals surface area (Å²) in [6.07, 6.45) is 1.09. The number of likely N-dealkylation sites (tertiary alicyclic amines) is 1. The molecule has 0 bridgehead atoms. The molecule has 4 heteroatoms. The van der Waals surface area contributed by atoms with Crippen LogP contribution in [0.25, 0.3) is 0 Å². The van der Waals surface area contributed by atoms with Gasteiger partial charge < -0.3 is 10.2 Å². The minimum atomic E-state index is 0.158. The molecule has 2 heterocycles. The van der Waals surface area contributed by atoms with Gasteiger partial charge in [0.1, 0.15) is 0 Å². The van der Waals surface area contributed by atoms with E-state index in [1.807, 2.05) is 0 Å². The highest BCUT2D eigenvalue weighted by molar-refractivity contribution is 5.75. The van der Waals surface area contributed by atoms with Crippen molar-refractivity contribution in [3.63, 3.8) is 0 Å². The first-order valence-electron chi connectivity index (χ1n) is 7.64. The molecule has 1 aromatic rings. The number of piperidine rings is 1. The zero-order valence-corrected chi connectivity index (χ0v) is 11.7. The van der Waals surface area contributed by atoms with Gasteiger partial charge in [-0.2, -0.15) is 0 Å². The van der Waals surface area contributed by atoms with Crippen molar-refractivity contribution in [1.82, 2.24) is 15.1 Å². The Balaban J connectivity index is 1.34. The number of hydrogen-bond donors (Lipinski definition) is 1. The van der Waals surface area contributed by atoms with Crippen molar-refractivity contribution in [2.24, 2.45) is 11.8 Å². The third kappa shape index (κ3) is 2.08. The molecule has 4 nitrogen and oxygen atoms in total. The molecule has 3 fully saturated rings. The van der Waals surface area contributed by atoms with Crippen LogP contribution in [-0.2, 0) is 6.54 Å². The molecule has 3 aliphatic rings. The highest BCUT2D eigenvalue weighted by atomic mass is 16.2. The molecule has 1 saturated carbocycles. The number of nitrogens with one attached hydrogen (secondary N) is 1. The van der Waals surface area contributed by atoms with Crippen molar-refractivity contribution in [3.05, 3.63) is 35.9 Å². The van der Waals surface area contributed by atoms with E-state index in [9.17, 15) is 4.79 Å². The summed E-state index contributed by atoms with van der Waals surface area (Å²) < 4.78 is 0. The molecular formula is C16H21N3O. The van der Waals surface area contributed by atoms with Crippen molar-refractivity contribution >= 4 is 6.03 Å². The van der Waals surface area contributed by atoms with Crippen molar-refractivity contribution in [1.29, 1.82) is 0 Å². The SMILES string of the molecule is O=C1NCCCN1C1C2CN(Cc3ccccc3)CC21. The molecule has 2 atom stereocenters. The Labute approximate surface area is 119 Å². The van der Waals surface area contributed by atoms with Gasteiger partial charge in [-0.1, -0.05) is 30.3 Å². The van der Waals surface area contributed by atoms with Gasteiger partial charge in [0.2, 0.25) is 0 Å². The summed E-state index contributed by atoms with van der Waals surface area (Å²) in [5.74, 6) is 1.42. The summed E-state index contributed by atoms with van der Waals surface area (Å²) in [6, 6.07) is 11.3. The standard InChI is InChI=1S/C16H21N3O/c20-16-17-7-4-8-19(16)15-13-10-18(11-14(13)15)9-12-5-2-1-3-6-12/h1-3,5-6,13-15H,4,7-11H2,(H,17,20). The molecule has 0 radical (unpaired) electrons. The van der Waals surface area contributed by atoms with Crippen molar-refractivity contribution in [2.45, 2.75) is 19.0 Å². The number of urea groups is 1. The normalized spacial score (nSPS) is 32.9. The predicted octanol–water partition coefficient (Wildman–Crippen LogP) is 1.53. The van der Waals surface area contributed by atoms with Crippen LogP contribution in [0.3, 0.4) is 0 Å². The molecule has 1 N–H and O–H groups in total. The second kappa shape index (κ2) is 4.77. The quantitative estimate of drug-likeness (QED) is 0.905. The van der Waals surface area contributed by atoms with E-state index in [-0.39, 0.29) is 6.03 Å². The first-order chi connectivity index (χ1) is 9.83. The lowest BCUT2D eigenvalue weighted by Crippen LogP contribution is -2.49. The van der Waals surface area contributed by atoms with Crippen LogP contribution in [0.15, 0.2) is 30.3 Å². The molecule has 20 heavy (non-hydrogen) atoms. The molecule has 106 valence electrons. The Morgan fingerprint density at radius 2 is 1.90 bits per heavy atom. The average Bonchev–Trinajstić information content (AvgIpc) is 2.96. The minimum Gasteiger partial charge on any atom is -0.338 e. The third-order valence-electron chi connectivity index (χ3n) is 4.95. The van der Waals surface area contributed by atoms with Crippen LogP contribution in [0.2, 0.25) is 0 Å². The van der Waals surface area contributed by atoms with E-state index in [4.69, 9.17) is 0 Å². The number of fused-ring (bicyclic) bond motifs is 1. The van der Waals surface area contributed by atoms with E-state index in [0.29, 0.717) is 17.9 Å². The fourth-order valence-corrected chi connectivity index (χ4v) is 3.95. The smallest absolute Gasteiger partial charge is 0.317 e.